The summed E-state index contributed by atoms with van der Waals surface area (Å²) in [6, 6.07) is 4.28. The fourth-order valence-corrected chi connectivity index (χ4v) is 2.73. The van der Waals surface area contributed by atoms with E-state index in [1.165, 1.54) is 12.8 Å². The van der Waals surface area contributed by atoms with Crippen LogP contribution in [0, 0.1) is 6.92 Å². The Hall–Kier alpha value is -0.540. The van der Waals surface area contributed by atoms with Crippen LogP contribution in [0.3, 0.4) is 0 Å². The number of aryl methyl sites for hydroxylation is 1. The van der Waals surface area contributed by atoms with E-state index in [1.54, 1.807) is 0 Å². The molecule has 1 heterocycles. The monoisotopic (exact) mass is 269 g/mol. The van der Waals surface area contributed by atoms with Gasteiger partial charge in [0.1, 0.15) is 5.75 Å². The molecule has 0 spiro atoms. The van der Waals surface area contributed by atoms with E-state index in [0.717, 1.165) is 28.6 Å². The highest BCUT2D eigenvalue weighted by atomic mass is 79.9. The molecule has 0 aromatic heterocycles. The van der Waals surface area contributed by atoms with E-state index >= 15 is 0 Å². The lowest BCUT2D eigenvalue weighted by Crippen LogP contribution is -2.26. The topological polar surface area (TPSA) is 32.3 Å². The molecule has 1 fully saturated rings. The minimum atomic E-state index is 0.315. The molecule has 0 radical (unpaired) electrons. The first-order valence-electron chi connectivity index (χ1n) is 5.41. The predicted octanol–water partition coefficient (Wildman–Crippen LogP) is 3.28. The Bertz CT molecular complexity index is 359. The number of phenols is 1. The van der Waals surface area contributed by atoms with E-state index in [9.17, 15) is 5.11 Å². The zero-order valence-electron chi connectivity index (χ0n) is 8.89. The molecule has 1 aromatic rings. The molecular formula is C12H16BrNO. The third-order valence-electron chi connectivity index (χ3n) is 2.98. The Labute approximate surface area is 98.8 Å². The van der Waals surface area contributed by atoms with Crippen LogP contribution in [-0.2, 0) is 0 Å². The van der Waals surface area contributed by atoms with Crippen molar-refractivity contribution in [3.8, 4) is 5.75 Å². The van der Waals surface area contributed by atoms with E-state index in [0.29, 0.717) is 11.8 Å². The van der Waals surface area contributed by atoms with Crippen molar-refractivity contribution < 1.29 is 5.11 Å². The number of piperidine rings is 1. The van der Waals surface area contributed by atoms with Gasteiger partial charge >= 0.3 is 0 Å². The molecule has 0 aliphatic carbocycles. The summed E-state index contributed by atoms with van der Waals surface area (Å²) in [5.41, 5.74) is 1.97. The van der Waals surface area contributed by atoms with Crippen LogP contribution < -0.4 is 5.32 Å². The summed E-state index contributed by atoms with van der Waals surface area (Å²) in [7, 11) is 0. The first kappa shape index (κ1) is 11.0. The number of phenolic OH excluding ortho intramolecular Hbond substituents is 1. The van der Waals surface area contributed by atoms with Crippen LogP contribution >= 0.6 is 15.9 Å². The van der Waals surface area contributed by atoms with Gasteiger partial charge in [0.15, 0.2) is 0 Å². The maximum absolute atomic E-state index is 10.0. The van der Waals surface area contributed by atoms with Gasteiger partial charge in [0, 0.05) is 16.1 Å². The maximum Gasteiger partial charge on any atom is 0.123 e. The molecule has 2 rings (SSSR count). The number of nitrogens with one attached hydrogen (secondary N) is 1. The first-order valence-corrected chi connectivity index (χ1v) is 6.20. The second-order valence-electron chi connectivity index (χ2n) is 4.16. The van der Waals surface area contributed by atoms with E-state index in [2.05, 4.69) is 21.2 Å². The normalized spacial score (nSPS) is 21.6. The molecule has 0 unspecified atom stereocenters. The van der Waals surface area contributed by atoms with Crippen molar-refractivity contribution in [1.29, 1.82) is 0 Å². The number of halogens is 1. The molecular weight excluding hydrogens is 254 g/mol. The van der Waals surface area contributed by atoms with Crippen LogP contribution in [-0.4, -0.2) is 11.7 Å². The standard InChI is InChI=1S/C12H16BrNO/c1-8-6-9(13)7-10(12(8)15)11-4-2-3-5-14-11/h6-7,11,14-15H,2-5H2,1H3/t11-/m0/s1. The van der Waals surface area contributed by atoms with Crippen LogP contribution in [0.15, 0.2) is 16.6 Å². The molecule has 1 aliphatic heterocycles. The zero-order chi connectivity index (χ0) is 10.8. The molecule has 82 valence electrons. The second-order valence-corrected chi connectivity index (χ2v) is 5.08. The summed E-state index contributed by atoms with van der Waals surface area (Å²) in [6.45, 7) is 2.99. The Kier molecular flexibility index (Phi) is 3.32. The number of hydrogen-bond donors (Lipinski definition) is 2. The van der Waals surface area contributed by atoms with Crippen molar-refractivity contribution in [3.05, 3.63) is 27.7 Å². The fraction of sp³-hybridized carbons (Fsp3) is 0.500. The van der Waals surface area contributed by atoms with Crippen LogP contribution in [0.1, 0.15) is 36.4 Å². The highest BCUT2D eigenvalue weighted by Gasteiger charge is 2.19. The van der Waals surface area contributed by atoms with E-state index in [-0.39, 0.29) is 0 Å². The molecule has 0 bridgehead atoms. The average Bonchev–Trinajstić information content (AvgIpc) is 2.24. The van der Waals surface area contributed by atoms with Gasteiger partial charge in [-0.05, 0) is 44.0 Å². The van der Waals surface area contributed by atoms with Crippen LogP contribution in [0.5, 0.6) is 5.75 Å². The number of aromatic hydroxyl groups is 1. The van der Waals surface area contributed by atoms with Gasteiger partial charge in [0.05, 0.1) is 0 Å². The lowest BCUT2D eigenvalue weighted by atomic mass is 9.95. The molecule has 0 saturated carbocycles. The van der Waals surface area contributed by atoms with Crippen molar-refractivity contribution in [1.82, 2.24) is 5.32 Å². The van der Waals surface area contributed by atoms with Gasteiger partial charge in [-0.2, -0.15) is 0 Å². The lowest BCUT2D eigenvalue weighted by molar-refractivity contribution is 0.389. The highest BCUT2D eigenvalue weighted by Crippen LogP contribution is 2.34. The summed E-state index contributed by atoms with van der Waals surface area (Å²) < 4.78 is 1.04. The Balaban J connectivity index is 2.33. The third kappa shape index (κ3) is 2.34. The van der Waals surface area contributed by atoms with Gasteiger partial charge in [-0.1, -0.05) is 22.4 Å². The minimum Gasteiger partial charge on any atom is -0.507 e. The van der Waals surface area contributed by atoms with Gasteiger partial charge in [0.2, 0.25) is 0 Å². The van der Waals surface area contributed by atoms with Gasteiger partial charge in [0.25, 0.3) is 0 Å². The van der Waals surface area contributed by atoms with Crippen molar-refractivity contribution in [3.63, 3.8) is 0 Å². The van der Waals surface area contributed by atoms with Crippen molar-refractivity contribution in [2.24, 2.45) is 0 Å². The maximum atomic E-state index is 10.0. The van der Waals surface area contributed by atoms with Gasteiger partial charge < -0.3 is 10.4 Å². The molecule has 15 heavy (non-hydrogen) atoms. The zero-order valence-corrected chi connectivity index (χ0v) is 10.5. The number of hydrogen-bond acceptors (Lipinski definition) is 2. The predicted molar refractivity (Wildman–Crippen MR) is 65.1 cm³/mol. The average molecular weight is 270 g/mol. The summed E-state index contributed by atoms with van der Waals surface area (Å²) in [6.07, 6.45) is 3.59. The molecule has 1 saturated heterocycles. The summed E-state index contributed by atoms with van der Waals surface area (Å²) in [5.74, 6) is 0.442. The van der Waals surface area contributed by atoms with E-state index in [1.807, 2.05) is 19.1 Å². The second kappa shape index (κ2) is 4.54. The van der Waals surface area contributed by atoms with E-state index in [4.69, 9.17) is 0 Å². The summed E-state index contributed by atoms with van der Waals surface area (Å²) in [4.78, 5) is 0. The highest BCUT2D eigenvalue weighted by molar-refractivity contribution is 9.10. The van der Waals surface area contributed by atoms with Gasteiger partial charge in [-0.15, -0.1) is 0 Å². The summed E-state index contributed by atoms with van der Waals surface area (Å²) in [5, 5.41) is 13.5. The lowest BCUT2D eigenvalue weighted by Gasteiger charge is -2.25. The van der Waals surface area contributed by atoms with Crippen LogP contribution in [0.4, 0.5) is 0 Å². The van der Waals surface area contributed by atoms with Gasteiger partial charge in [-0.25, -0.2) is 0 Å². The number of rotatable bonds is 1. The van der Waals surface area contributed by atoms with Crippen molar-refractivity contribution in [2.75, 3.05) is 6.54 Å². The van der Waals surface area contributed by atoms with E-state index < -0.39 is 0 Å². The van der Waals surface area contributed by atoms with Gasteiger partial charge in [-0.3, -0.25) is 0 Å². The Morgan fingerprint density at radius 1 is 1.40 bits per heavy atom. The molecule has 2 nitrogen and oxygen atoms in total. The van der Waals surface area contributed by atoms with Crippen LogP contribution in [0.25, 0.3) is 0 Å². The summed E-state index contributed by atoms with van der Waals surface area (Å²) >= 11 is 3.47. The minimum absolute atomic E-state index is 0.315. The molecule has 3 heteroatoms. The SMILES string of the molecule is Cc1cc(Br)cc([C@@H]2CCCCN2)c1O. The van der Waals surface area contributed by atoms with Crippen molar-refractivity contribution >= 4 is 15.9 Å². The van der Waals surface area contributed by atoms with Crippen LogP contribution in [0.2, 0.25) is 0 Å². The molecule has 1 atom stereocenters. The molecule has 1 aromatic carbocycles. The first-order chi connectivity index (χ1) is 7.18. The van der Waals surface area contributed by atoms with Crippen molar-refractivity contribution in [2.45, 2.75) is 32.2 Å². The smallest absolute Gasteiger partial charge is 0.123 e. The molecule has 2 N–H and O–H groups in total. The molecule has 1 aliphatic rings. The fourth-order valence-electron chi connectivity index (χ4n) is 2.14. The molecule has 0 amide bonds. The Morgan fingerprint density at radius 2 is 2.20 bits per heavy atom. The third-order valence-corrected chi connectivity index (χ3v) is 3.44. The number of benzene rings is 1. The quantitative estimate of drug-likeness (QED) is 0.820. The Morgan fingerprint density at radius 3 is 2.87 bits per heavy atom. The largest absolute Gasteiger partial charge is 0.507 e.